The highest BCUT2D eigenvalue weighted by Crippen LogP contribution is 2.43. The molecule has 2 aromatic carbocycles. The molecule has 7 heteroatoms. The Balaban J connectivity index is 1.56. The van der Waals surface area contributed by atoms with Crippen molar-refractivity contribution >= 4 is 17.1 Å². The Morgan fingerprint density at radius 1 is 1.12 bits per heavy atom. The largest absolute Gasteiger partial charge is 0.417 e. The third-order valence-electron chi connectivity index (χ3n) is 6.61. The van der Waals surface area contributed by atoms with E-state index >= 15 is 0 Å². The van der Waals surface area contributed by atoms with Crippen molar-refractivity contribution in [2.24, 2.45) is 0 Å². The van der Waals surface area contributed by atoms with Crippen LogP contribution < -0.4 is 5.48 Å². The van der Waals surface area contributed by atoms with Gasteiger partial charge in [0.05, 0.1) is 28.2 Å². The highest BCUT2D eigenvalue weighted by Gasteiger charge is 2.43. The number of aromatic nitrogens is 2. The van der Waals surface area contributed by atoms with Gasteiger partial charge in [-0.2, -0.15) is 18.7 Å². The number of hydrogen-bond donors (Lipinski definition) is 2. The maximum Gasteiger partial charge on any atom is 0.417 e. The molecule has 168 valence electrons. The van der Waals surface area contributed by atoms with E-state index < -0.39 is 11.7 Å². The van der Waals surface area contributed by atoms with Crippen molar-refractivity contribution in [3.63, 3.8) is 0 Å². The third kappa shape index (κ3) is 3.84. The number of nitrogens with one attached hydrogen (secondary N) is 2. The van der Waals surface area contributed by atoms with Crippen molar-refractivity contribution in [1.29, 1.82) is 0 Å². The van der Waals surface area contributed by atoms with Crippen LogP contribution in [0.25, 0.3) is 28.2 Å². The first-order valence-corrected chi connectivity index (χ1v) is 11.2. The summed E-state index contributed by atoms with van der Waals surface area (Å²) >= 11 is 0. The maximum atomic E-state index is 13.6. The van der Waals surface area contributed by atoms with E-state index in [0.29, 0.717) is 11.1 Å². The molecular weight excluding hydrogens is 415 g/mol. The van der Waals surface area contributed by atoms with Gasteiger partial charge in [-0.3, -0.25) is 4.84 Å². The number of hydrogen-bond acceptors (Lipinski definition) is 3. The first-order valence-electron chi connectivity index (χ1n) is 11.2. The predicted molar refractivity (Wildman–Crippen MR) is 119 cm³/mol. The van der Waals surface area contributed by atoms with Crippen molar-refractivity contribution in [2.45, 2.75) is 63.3 Å². The van der Waals surface area contributed by atoms with Gasteiger partial charge in [-0.1, -0.05) is 49.6 Å². The van der Waals surface area contributed by atoms with Gasteiger partial charge >= 0.3 is 6.18 Å². The van der Waals surface area contributed by atoms with Gasteiger partial charge in [-0.15, -0.1) is 0 Å². The Hall–Kier alpha value is -2.64. The van der Waals surface area contributed by atoms with Crippen molar-refractivity contribution in [1.82, 2.24) is 15.4 Å². The third-order valence-corrected chi connectivity index (χ3v) is 6.61. The van der Waals surface area contributed by atoms with E-state index in [1.807, 2.05) is 19.1 Å². The van der Waals surface area contributed by atoms with Gasteiger partial charge in [0.15, 0.2) is 0 Å². The normalized spacial score (nSPS) is 21.2. The fraction of sp³-hybridized carbons (Fsp3) is 0.400. The van der Waals surface area contributed by atoms with E-state index in [1.54, 1.807) is 18.2 Å². The summed E-state index contributed by atoms with van der Waals surface area (Å²) in [5.74, 6) is 0.759. The smallest absolute Gasteiger partial charge is 0.341 e. The minimum atomic E-state index is -4.43. The van der Waals surface area contributed by atoms with Gasteiger partial charge in [0.1, 0.15) is 5.82 Å². The van der Waals surface area contributed by atoms with Gasteiger partial charge < -0.3 is 4.98 Å². The Labute approximate surface area is 184 Å². The first kappa shape index (κ1) is 21.2. The molecule has 1 saturated heterocycles. The SMILES string of the molecule is C/C=C\c1cc(-c2ccccc2C(F)(F)F)cc2[nH]c(C3CC4(CCCCC4)ON3)nc12. The highest BCUT2D eigenvalue weighted by atomic mass is 19.4. The summed E-state index contributed by atoms with van der Waals surface area (Å²) in [6.07, 6.45) is 5.84. The number of hydroxylamine groups is 1. The molecule has 5 rings (SSSR count). The Morgan fingerprint density at radius 3 is 2.66 bits per heavy atom. The quantitative estimate of drug-likeness (QED) is 0.462. The average molecular weight is 441 g/mol. The topological polar surface area (TPSA) is 49.9 Å². The predicted octanol–water partition coefficient (Wildman–Crippen LogP) is 6.95. The van der Waals surface area contributed by atoms with E-state index in [9.17, 15) is 13.2 Å². The zero-order valence-electron chi connectivity index (χ0n) is 17.9. The number of nitrogens with zero attached hydrogens (tertiary/aromatic N) is 1. The minimum Gasteiger partial charge on any atom is -0.341 e. The standard InChI is InChI=1S/C25H26F3N3O/c1-2-8-16-13-17(18-9-4-5-10-19(18)25(26,27)28)14-20-22(16)30-23(29-20)21-15-24(32-31-21)11-6-3-7-12-24/h2,4-5,8-10,13-14,21,31H,3,6-7,11-12,15H2,1H3,(H,29,30)/b8-2-. The molecule has 1 aliphatic heterocycles. The molecule has 1 aliphatic carbocycles. The summed E-state index contributed by atoms with van der Waals surface area (Å²) < 4.78 is 40.9. The zero-order valence-corrected chi connectivity index (χ0v) is 17.9. The van der Waals surface area contributed by atoms with Crippen LogP contribution in [0.15, 0.2) is 42.5 Å². The van der Waals surface area contributed by atoms with E-state index in [2.05, 4.69) is 10.5 Å². The van der Waals surface area contributed by atoms with Crippen LogP contribution in [0.3, 0.4) is 0 Å². The second-order valence-electron chi connectivity index (χ2n) is 8.85. The van der Waals surface area contributed by atoms with E-state index in [4.69, 9.17) is 9.82 Å². The zero-order chi connectivity index (χ0) is 22.3. The lowest BCUT2D eigenvalue weighted by atomic mass is 9.81. The summed E-state index contributed by atoms with van der Waals surface area (Å²) in [6.45, 7) is 1.88. The molecule has 4 nitrogen and oxygen atoms in total. The van der Waals surface area contributed by atoms with E-state index in [-0.39, 0.29) is 17.2 Å². The number of H-pyrrole nitrogens is 1. The summed E-state index contributed by atoms with van der Waals surface area (Å²) in [6, 6.07) is 9.15. The average Bonchev–Trinajstić information content (AvgIpc) is 3.38. The molecule has 2 fully saturated rings. The Bertz CT molecular complexity index is 1160. The van der Waals surface area contributed by atoms with Crippen LogP contribution in [-0.4, -0.2) is 15.6 Å². The van der Waals surface area contributed by atoms with Crippen LogP contribution in [0.5, 0.6) is 0 Å². The van der Waals surface area contributed by atoms with Gasteiger partial charge in [0.2, 0.25) is 0 Å². The summed E-state index contributed by atoms with van der Waals surface area (Å²) in [7, 11) is 0. The lowest BCUT2D eigenvalue weighted by Gasteiger charge is -2.30. The summed E-state index contributed by atoms with van der Waals surface area (Å²) in [5, 5.41) is 0. The van der Waals surface area contributed by atoms with Gasteiger partial charge in [0, 0.05) is 12.0 Å². The van der Waals surface area contributed by atoms with E-state index in [0.717, 1.165) is 42.2 Å². The summed E-state index contributed by atoms with van der Waals surface area (Å²) in [4.78, 5) is 14.2. The van der Waals surface area contributed by atoms with Crippen LogP contribution in [0.4, 0.5) is 13.2 Å². The summed E-state index contributed by atoms with van der Waals surface area (Å²) in [5.41, 5.74) is 5.30. The fourth-order valence-corrected chi connectivity index (χ4v) is 5.08. The molecule has 1 atom stereocenters. The van der Waals surface area contributed by atoms with Crippen LogP contribution in [0.1, 0.15) is 68.4 Å². The molecule has 1 saturated carbocycles. The molecule has 2 N–H and O–H groups in total. The molecule has 2 heterocycles. The molecule has 32 heavy (non-hydrogen) atoms. The van der Waals surface area contributed by atoms with Crippen LogP contribution >= 0.6 is 0 Å². The highest BCUT2D eigenvalue weighted by molar-refractivity contribution is 5.90. The number of allylic oxidation sites excluding steroid dienone is 1. The monoisotopic (exact) mass is 441 g/mol. The van der Waals surface area contributed by atoms with Crippen molar-refractivity contribution in [3.05, 3.63) is 59.4 Å². The fourth-order valence-electron chi connectivity index (χ4n) is 5.08. The van der Waals surface area contributed by atoms with Crippen molar-refractivity contribution in [3.8, 4) is 11.1 Å². The van der Waals surface area contributed by atoms with Gasteiger partial charge in [0.25, 0.3) is 0 Å². The van der Waals surface area contributed by atoms with E-state index in [1.165, 1.54) is 31.4 Å². The molecule has 1 unspecified atom stereocenters. The Morgan fingerprint density at radius 2 is 1.91 bits per heavy atom. The number of aromatic amines is 1. The molecule has 3 aromatic rings. The second-order valence-corrected chi connectivity index (χ2v) is 8.85. The molecule has 0 radical (unpaired) electrons. The lowest BCUT2D eigenvalue weighted by Crippen LogP contribution is -2.31. The number of benzene rings is 2. The molecule has 1 aromatic heterocycles. The maximum absolute atomic E-state index is 13.6. The van der Waals surface area contributed by atoms with Crippen LogP contribution in [0.2, 0.25) is 0 Å². The number of rotatable bonds is 3. The van der Waals surface area contributed by atoms with Crippen molar-refractivity contribution in [2.75, 3.05) is 0 Å². The van der Waals surface area contributed by atoms with Gasteiger partial charge in [-0.25, -0.2) is 4.98 Å². The number of alkyl halides is 3. The minimum absolute atomic E-state index is 0.0649. The molecule has 1 spiro atoms. The van der Waals surface area contributed by atoms with Crippen LogP contribution in [-0.2, 0) is 11.0 Å². The van der Waals surface area contributed by atoms with Crippen molar-refractivity contribution < 1.29 is 18.0 Å². The molecular formula is C25H26F3N3O. The Kier molecular flexibility index (Phi) is 5.34. The first-order chi connectivity index (χ1) is 15.4. The van der Waals surface area contributed by atoms with Crippen LogP contribution in [0, 0.1) is 0 Å². The molecule has 0 bridgehead atoms. The lowest BCUT2D eigenvalue weighted by molar-refractivity contribution is -0.137. The molecule has 0 amide bonds. The molecule has 2 aliphatic rings. The van der Waals surface area contributed by atoms with Gasteiger partial charge in [-0.05, 0) is 49.1 Å². The number of fused-ring (bicyclic) bond motifs is 1. The number of halogens is 3. The number of imidazole rings is 1. The second kappa shape index (κ2) is 8.05.